The summed E-state index contributed by atoms with van der Waals surface area (Å²) < 4.78 is 5.68. The molecule has 0 unspecified atom stereocenters. The third kappa shape index (κ3) is 9.22. The van der Waals surface area contributed by atoms with Crippen molar-refractivity contribution in [2.75, 3.05) is 18.1 Å². The zero-order valence-corrected chi connectivity index (χ0v) is 13.6. The van der Waals surface area contributed by atoms with E-state index < -0.39 is 0 Å². The smallest absolute Gasteiger partial charge is 0.123 e. The fourth-order valence-electron chi connectivity index (χ4n) is 2.51. The third-order valence-electron chi connectivity index (χ3n) is 3.72. The molecule has 0 saturated heterocycles. The zero-order valence-electron chi connectivity index (χ0n) is 13.6. The van der Waals surface area contributed by atoms with Gasteiger partial charge in [-0.3, -0.25) is 0 Å². The van der Waals surface area contributed by atoms with Gasteiger partial charge in [-0.1, -0.05) is 64.7 Å². The van der Waals surface area contributed by atoms with Crippen molar-refractivity contribution >= 4 is 11.4 Å². The molecule has 0 aliphatic heterocycles. The first-order valence-corrected chi connectivity index (χ1v) is 8.51. The second-order valence-electron chi connectivity index (χ2n) is 5.87. The van der Waals surface area contributed by atoms with Gasteiger partial charge < -0.3 is 16.2 Å². The standard InChI is InChI=1S/C18H32N2O/c1-2-3-4-5-6-7-8-9-10-11-12-21-18-14-16(19)13-17(20)15-18/h13-15H,2-12,19-20H2,1H3. The Morgan fingerprint density at radius 2 is 1.19 bits per heavy atom. The summed E-state index contributed by atoms with van der Waals surface area (Å²) >= 11 is 0. The molecule has 4 N–H and O–H groups in total. The van der Waals surface area contributed by atoms with E-state index in [9.17, 15) is 0 Å². The number of anilines is 2. The van der Waals surface area contributed by atoms with E-state index in [-0.39, 0.29) is 0 Å². The molecule has 0 bridgehead atoms. The Morgan fingerprint density at radius 1 is 0.714 bits per heavy atom. The van der Waals surface area contributed by atoms with Crippen molar-refractivity contribution < 1.29 is 4.74 Å². The molecule has 1 aromatic carbocycles. The van der Waals surface area contributed by atoms with E-state index in [4.69, 9.17) is 16.2 Å². The first-order chi connectivity index (χ1) is 10.2. The Bertz CT molecular complexity index is 359. The van der Waals surface area contributed by atoms with Gasteiger partial charge in [-0.15, -0.1) is 0 Å². The number of nitrogen functional groups attached to an aromatic ring is 2. The van der Waals surface area contributed by atoms with Gasteiger partial charge in [0.2, 0.25) is 0 Å². The highest BCUT2D eigenvalue weighted by Gasteiger charge is 1.98. The van der Waals surface area contributed by atoms with Crippen molar-refractivity contribution in [3.05, 3.63) is 18.2 Å². The normalized spacial score (nSPS) is 10.7. The van der Waals surface area contributed by atoms with Crippen molar-refractivity contribution in [1.29, 1.82) is 0 Å². The lowest BCUT2D eigenvalue weighted by Crippen LogP contribution is -1.99. The molecule has 0 spiro atoms. The Kier molecular flexibility index (Phi) is 9.51. The Labute approximate surface area is 130 Å². The highest BCUT2D eigenvalue weighted by atomic mass is 16.5. The second kappa shape index (κ2) is 11.3. The van der Waals surface area contributed by atoms with Crippen LogP contribution in [0.2, 0.25) is 0 Å². The summed E-state index contributed by atoms with van der Waals surface area (Å²) in [6.07, 6.45) is 13.4. The van der Waals surface area contributed by atoms with Crippen LogP contribution in [0.25, 0.3) is 0 Å². The van der Waals surface area contributed by atoms with E-state index in [2.05, 4.69) is 6.92 Å². The van der Waals surface area contributed by atoms with Gasteiger partial charge in [0.15, 0.2) is 0 Å². The molecule has 0 fully saturated rings. The molecule has 0 aliphatic rings. The van der Waals surface area contributed by atoms with Gasteiger partial charge in [0.1, 0.15) is 5.75 Å². The van der Waals surface area contributed by atoms with E-state index in [1.807, 2.05) is 12.1 Å². The van der Waals surface area contributed by atoms with Crippen LogP contribution >= 0.6 is 0 Å². The summed E-state index contributed by atoms with van der Waals surface area (Å²) in [7, 11) is 0. The minimum absolute atomic E-state index is 0.660. The molecule has 0 amide bonds. The molecule has 1 aromatic rings. The van der Waals surface area contributed by atoms with Crippen LogP contribution in [0.3, 0.4) is 0 Å². The SMILES string of the molecule is CCCCCCCCCCCCOc1cc(N)cc(N)c1. The Balaban J connectivity index is 1.93. The van der Waals surface area contributed by atoms with Crippen molar-refractivity contribution in [3.8, 4) is 5.75 Å². The van der Waals surface area contributed by atoms with Crippen molar-refractivity contribution in [2.24, 2.45) is 0 Å². The van der Waals surface area contributed by atoms with Gasteiger partial charge in [-0.05, 0) is 12.5 Å². The summed E-state index contributed by atoms with van der Waals surface area (Å²) in [5.74, 6) is 0.781. The predicted octanol–water partition coefficient (Wildman–Crippen LogP) is 5.15. The zero-order chi connectivity index (χ0) is 15.3. The first kappa shape index (κ1) is 17.7. The molecule has 0 atom stereocenters. The van der Waals surface area contributed by atoms with Gasteiger partial charge in [-0.25, -0.2) is 0 Å². The molecular weight excluding hydrogens is 260 g/mol. The molecule has 3 heteroatoms. The van der Waals surface area contributed by atoms with E-state index in [1.54, 1.807) is 6.07 Å². The summed E-state index contributed by atoms with van der Waals surface area (Å²) in [4.78, 5) is 0. The monoisotopic (exact) mass is 292 g/mol. The molecule has 0 aromatic heterocycles. The lowest BCUT2D eigenvalue weighted by atomic mass is 10.1. The summed E-state index contributed by atoms with van der Waals surface area (Å²) in [5.41, 5.74) is 12.8. The number of benzene rings is 1. The number of hydrogen-bond acceptors (Lipinski definition) is 3. The lowest BCUT2D eigenvalue weighted by Gasteiger charge is -2.08. The highest BCUT2D eigenvalue weighted by molar-refractivity contribution is 5.56. The minimum atomic E-state index is 0.660. The maximum atomic E-state index is 5.73. The summed E-state index contributed by atoms with van der Waals surface area (Å²) in [6.45, 7) is 3.01. The van der Waals surface area contributed by atoms with E-state index in [1.165, 1.54) is 57.8 Å². The molecule has 1 rings (SSSR count). The number of ether oxygens (including phenoxy) is 1. The van der Waals surface area contributed by atoms with Gasteiger partial charge in [0.25, 0.3) is 0 Å². The highest BCUT2D eigenvalue weighted by Crippen LogP contribution is 2.20. The Hall–Kier alpha value is -1.38. The van der Waals surface area contributed by atoms with E-state index in [0.29, 0.717) is 11.4 Å². The summed E-state index contributed by atoms with van der Waals surface area (Å²) in [5, 5.41) is 0. The topological polar surface area (TPSA) is 61.3 Å². The van der Waals surface area contributed by atoms with Gasteiger partial charge in [-0.2, -0.15) is 0 Å². The maximum Gasteiger partial charge on any atom is 0.123 e. The number of hydrogen-bond donors (Lipinski definition) is 2. The van der Waals surface area contributed by atoms with Crippen LogP contribution in [0.15, 0.2) is 18.2 Å². The molecule has 21 heavy (non-hydrogen) atoms. The molecular formula is C18H32N2O. The van der Waals surface area contributed by atoms with Crippen LogP contribution in [-0.2, 0) is 0 Å². The second-order valence-corrected chi connectivity index (χ2v) is 5.87. The van der Waals surface area contributed by atoms with Crippen molar-refractivity contribution in [1.82, 2.24) is 0 Å². The molecule has 3 nitrogen and oxygen atoms in total. The van der Waals surface area contributed by atoms with Gasteiger partial charge >= 0.3 is 0 Å². The number of unbranched alkanes of at least 4 members (excludes halogenated alkanes) is 9. The van der Waals surface area contributed by atoms with Crippen LogP contribution in [0, 0.1) is 0 Å². The molecule has 0 aliphatic carbocycles. The first-order valence-electron chi connectivity index (χ1n) is 8.51. The van der Waals surface area contributed by atoms with E-state index in [0.717, 1.165) is 18.8 Å². The molecule has 0 radical (unpaired) electrons. The fourth-order valence-corrected chi connectivity index (χ4v) is 2.51. The average molecular weight is 292 g/mol. The lowest BCUT2D eigenvalue weighted by molar-refractivity contribution is 0.304. The average Bonchev–Trinajstić information content (AvgIpc) is 2.44. The van der Waals surface area contributed by atoms with Crippen LogP contribution in [0.1, 0.15) is 71.1 Å². The third-order valence-corrected chi connectivity index (χ3v) is 3.72. The molecule has 0 saturated carbocycles. The number of rotatable bonds is 12. The molecule has 120 valence electrons. The fraction of sp³-hybridized carbons (Fsp3) is 0.667. The van der Waals surface area contributed by atoms with Crippen molar-refractivity contribution in [3.63, 3.8) is 0 Å². The van der Waals surface area contributed by atoms with Crippen LogP contribution in [-0.4, -0.2) is 6.61 Å². The summed E-state index contributed by atoms with van der Waals surface area (Å²) in [6, 6.07) is 5.40. The quantitative estimate of drug-likeness (QED) is 0.413. The van der Waals surface area contributed by atoms with Gasteiger partial charge in [0.05, 0.1) is 6.61 Å². The molecule has 0 heterocycles. The maximum absolute atomic E-state index is 5.73. The predicted molar refractivity (Wildman–Crippen MR) is 92.6 cm³/mol. The van der Waals surface area contributed by atoms with E-state index >= 15 is 0 Å². The minimum Gasteiger partial charge on any atom is -0.493 e. The van der Waals surface area contributed by atoms with Crippen LogP contribution in [0.4, 0.5) is 11.4 Å². The largest absolute Gasteiger partial charge is 0.493 e. The van der Waals surface area contributed by atoms with Gasteiger partial charge in [0, 0.05) is 23.5 Å². The van der Waals surface area contributed by atoms with Crippen LogP contribution in [0.5, 0.6) is 5.75 Å². The Morgan fingerprint density at radius 3 is 1.71 bits per heavy atom. The number of nitrogens with two attached hydrogens (primary N) is 2. The van der Waals surface area contributed by atoms with Crippen LogP contribution < -0.4 is 16.2 Å². The van der Waals surface area contributed by atoms with Crippen molar-refractivity contribution in [2.45, 2.75) is 71.1 Å².